The van der Waals surface area contributed by atoms with Gasteiger partial charge in [0.15, 0.2) is 0 Å². The first-order chi connectivity index (χ1) is 11.3. The number of rotatable bonds is 3. The first-order valence-electron chi connectivity index (χ1n) is 9.19. The lowest BCUT2D eigenvalue weighted by Crippen LogP contribution is -2.38. The lowest BCUT2D eigenvalue weighted by atomic mass is 9.65. The van der Waals surface area contributed by atoms with Crippen molar-refractivity contribution in [1.82, 2.24) is 0 Å². The van der Waals surface area contributed by atoms with Crippen LogP contribution in [0.4, 0.5) is 0 Å². The van der Waals surface area contributed by atoms with Crippen molar-refractivity contribution in [2.45, 2.75) is 63.9 Å². The summed E-state index contributed by atoms with van der Waals surface area (Å²) in [7, 11) is 0. The van der Waals surface area contributed by atoms with Gasteiger partial charge in [-0.1, -0.05) is 37.3 Å². The SMILES string of the molecule is CC1=CC=CC(CC2CCC(C)(c3ccc(O)cc3)CC2)C1(C)O. The zero-order valence-corrected chi connectivity index (χ0v) is 15.1. The predicted octanol–water partition coefficient (Wildman–Crippen LogP) is 5.11. The molecule has 2 nitrogen and oxygen atoms in total. The molecule has 0 bridgehead atoms. The first-order valence-corrected chi connectivity index (χ1v) is 9.19. The molecule has 0 aliphatic heterocycles. The first kappa shape index (κ1) is 17.3. The van der Waals surface area contributed by atoms with Crippen molar-refractivity contribution in [2.75, 3.05) is 0 Å². The largest absolute Gasteiger partial charge is 0.508 e. The normalized spacial score (nSPS) is 36.4. The molecule has 0 saturated heterocycles. The van der Waals surface area contributed by atoms with Gasteiger partial charge in [0.2, 0.25) is 0 Å². The van der Waals surface area contributed by atoms with Gasteiger partial charge in [0, 0.05) is 5.92 Å². The molecule has 0 amide bonds. The summed E-state index contributed by atoms with van der Waals surface area (Å²) in [6.45, 7) is 6.33. The van der Waals surface area contributed by atoms with Crippen LogP contribution in [-0.4, -0.2) is 15.8 Å². The summed E-state index contributed by atoms with van der Waals surface area (Å²) in [6.07, 6.45) is 12.1. The Morgan fingerprint density at radius 2 is 1.71 bits per heavy atom. The third-order valence-electron chi connectivity index (χ3n) is 6.57. The highest BCUT2D eigenvalue weighted by Crippen LogP contribution is 2.45. The van der Waals surface area contributed by atoms with Gasteiger partial charge in [0.25, 0.3) is 0 Å². The topological polar surface area (TPSA) is 40.5 Å². The lowest BCUT2D eigenvalue weighted by Gasteiger charge is -2.41. The molecular weight excluding hydrogens is 296 g/mol. The Bertz CT molecular complexity index is 628. The molecule has 1 aromatic carbocycles. The maximum Gasteiger partial charge on any atom is 0.115 e. The van der Waals surface area contributed by atoms with Crippen LogP contribution in [0.15, 0.2) is 48.1 Å². The van der Waals surface area contributed by atoms with Gasteiger partial charge >= 0.3 is 0 Å². The van der Waals surface area contributed by atoms with E-state index in [0.717, 1.165) is 12.0 Å². The number of hydrogen-bond donors (Lipinski definition) is 2. The van der Waals surface area contributed by atoms with Crippen molar-refractivity contribution >= 4 is 0 Å². The molecule has 0 spiro atoms. The Balaban J connectivity index is 1.62. The van der Waals surface area contributed by atoms with Crippen LogP contribution in [0.25, 0.3) is 0 Å². The third kappa shape index (κ3) is 3.30. The van der Waals surface area contributed by atoms with Crippen LogP contribution >= 0.6 is 0 Å². The van der Waals surface area contributed by atoms with E-state index in [9.17, 15) is 10.2 Å². The average molecular weight is 326 g/mol. The molecule has 2 aliphatic rings. The fourth-order valence-corrected chi connectivity index (χ4v) is 4.35. The van der Waals surface area contributed by atoms with Gasteiger partial charge < -0.3 is 10.2 Å². The fraction of sp³-hybridized carbons (Fsp3) is 0.545. The summed E-state index contributed by atoms with van der Waals surface area (Å²) in [4.78, 5) is 0. The molecule has 130 valence electrons. The molecule has 1 saturated carbocycles. The summed E-state index contributed by atoms with van der Waals surface area (Å²) in [6, 6.07) is 7.73. The van der Waals surface area contributed by atoms with E-state index in [-0.39, 0.29) is 11.3 Å². The molecular formula is C22H30O2. The molecule has 3 rings (SSSR count). The van der Waals surface area contributed by atoms with Crippen LogP contribution in [0, 0.1) is 11.8 Å². The van der Waals surface area contributed by atoms with Gasteiger partial charge in [-0.2, -0.15) is 0 Å². The van der Waals surface area contributed by atoms with E-state index in [1.54, 1.807) is 12.1 Å². The van der Waals surface area contributed by atoms with Gasteiger partial charge in [-0.25, -0.2) is 0 Å². The predicted molar refractivity (Wildman–Crippen MR) is 99.0 cm³/mol. The summed E-state index contributed by atoms with van der Waals surface area (Å²) in [5.74, 6) is 1.25. The van der Waals surface area contributed by atoms with Crippen LogP contribution in [0.3, 0.4) is 0 Å². The van der Waals surface area contributed by atoms with Crippen molar-refractivity contribution in [1.29, 1.82) is 0 Å². The van der Waals surface area contributed by atoms with Crippen LogP contribution < -0.4 is 0 Å². The summed E-state index contributed by atoms with van der Waals surface area (Å²) >= 11 is 0. The molecule has 0 radical (unpaired) electrons. The van der Waals surface area contributed by atoms with Crippen LogP contribution in [0.5, 0.6) is 5.75 Å². The Labute approximate surface area is 145 Å². The highest BCUT2D eigenvalue weighted by atomic mass is 16.3. The zero-order chi connectivity index (χ0) is 17.4. The Morgan fingerprint density at radius 1 is 1.08 bits per heavy atom. The van der Waals surface area contributed by atoms with E-state index in [0.29, 0.717) is 11.7 Å². The molecule has 0 aromatic heterocycles. The molecule has 1 aromatic rings. The molecule has 24 heavy (non-hydrogen) atoms. The van der Waals surface area contributed by atoms with Crippen molar-refractivity contribution in [3.05, 3.63) is 53.6 Å². The molecule has 2 unspecified atom stereocenters. The molecule has 2 heteroatoms. The Hall–Kier alpha value is -1.54. The van der Waals surface area contributed by atoms with Crippen LogP contribution in [0.2, 0.25) is 0 Å². The molecule has 1 fully saturated rings. The monoisotopic (exact) mass is 326 g/mol. The van der Waals surface area contributed by atoms with Crippen LogP contribution in [0.1, 0.15) is 58.4 Å². The minimum atomic E-state index is -0.702. The number of aliphatic hydroxyl groups is 1. The van der Waals surface area contributed by atoms with E-state index in [1.807, 2.05) is 19.9 Å². The molecule has 0 heterocycles. The molecule has 2 N–H and O–H groups in total. The summed E-state index contributed by atoms with van der Waals surface area (Å²) < 4.78 is 0. The second kappa shape index (κ2) is 6.40. The Morgan fingerprint density at radius 3 is 2.33 bits per heavy atom. The third-order valence-corrected chi connectivity index (χ3v) is 6.57. The highest BCUT2D eigenvalue weighted by molar-refractivity contribution is 5.32. The fourth-order valence-electron chi connectivity index (χ4n) is 4.35. The highest BCUT2D eigenvalue weighted by Gasteiger charge is 2.38. The Kier molecular flexibility index (Phi) is 4.61. The van der Waals surface area contributed by atoms with E-state index < -0.39 is 5.60 Å². The van der Waals surface area contributed by atoms with E-state index in [2.05, 4.69) is 31.2 Å². The van der Waals surface area contributed by atoms with Gasteiger partial charge in [-0.3, -0.25) is 0 Å². The average Bonchev–Trinajstić information content (AvgIpc) is 2.55. The standard InChI is InChI=1S/C22H30O2/c1-16-5-4-6-19(22(16,3)24)15-17-11-13-21(2,14-12-17)18-7-9-20(23)10-8-18/h4-10,17,19,23-24H,11-15H2,1-3H3. The van der Waals surface area contributed by atoms with Crippen LogP contribution in [-0.2, 0) is 5.41 Å². The number of phenols is 1. The van der Waals surface area contributed by atoms with Gasteiger partial charge in [0.05, 0.1) is 5.60 Å². The summed E-state index contributed by atoms with van der Waals surface area (Å²) in [5, 5.41) is 20.3. The second-order valence-electron chi connectivity index (χ2n) is 8.28. The minimum absolute atomic E-state index is 0.213. The van der Waals surface area contributed by atoms with Crippen molar-refractivity contribution in [3.8, 4) is 5.75 Å². The second-order valence-corrected chi connectivity index (χ2v) is 8.28. The maximum absolute atomic E-state index is 10.8. The lowest BCUT2D eigenvalue weighted by molar-refractivity contribution is 0.0376. The smallest absolute Gasteiger partial charge is 0.115 e. The van der Waals surface area contributed by atoms with Gasteiger partial charge in [-0.15, -0.1) is 0 Å². The van der Waals surface area contributed by atoms with E-state index in [1.165, 1.54) is 31.2 Å². The maximum atomic E-state index is 10.8. The number of hydrogen-bond acceptors (Lipinski definition) is 2. The molecule has 2 aliphatic carbocycles. The van der Waals surface area contributed by atoms with Crippen molar-refractivity contribution in [3.63, 3.8) is 0 Å². The number of phenolic OH excluding ortho intramolecular Hbond substituents is 1. The molecule has 2 atom stereocenters. The zero-order valence-electron chi connectivity index (χ0n) is 15.1. The van der Waals surface area contributed by atoms with Crippen molar-refractivity contribution < 1.29 is 10.2 Å². The van der Waals surface area contributed by atoms with Crippen molar-refractivity contribution in [2.24, 2.45) is 11.8 Å². The van der Waals surface area contributed by atoms with E-state index in [4.69, 9.17) is 0 Å². The number of benzene rings is 1. The van der Waals surface area contributed by atoms with Gasteiger partial charge in [-0.05, 0) is 80.6 Å². The number of allylic oxidation sites excluding steroid dienone is 2. The summed E-state index contributed by atoms with van der Waals surface area (Å²) in [5.41, 5.74) is 1.92. The van der Waals surface area contributed by atoms with E-state index >= 15 is 0 Å². The quantitative estimate of drug-likeness (QED) is 0.810. The van der Waals surface area contributed by atoms with Gasteiger partial charge in [0.1, 0.15) is 5.75 Å². The minimum Gasteiger partial charge on any atom is -0.508 e. The number of aromatic hydroxyl groups is 1.